The first-order chi connectivity index (χ1) is 13.0. The Hall–Kier alpha value is -3.99. The lowest BCUT2D eigenvalue weighted by molar-refractivity contribution is -0.384. The maximum absolute atomic E-state index is 12.9. The zero-order chi connectivity index (χ0) is 19.6. The predicted octanol–water partition coefficient (Wildman–Crippen LogP) is 3.13. The highest BCUT2D eigenvalue weighted by Gasteiger charge is 2.22. The molecule has 0 aliphatic rings. The van der Waals surface area contributed by atoms with Crippen LogP contribution in [0.5, 0.6) is 0 Å². The molecule has 134 valence electrons. The molecule has 8 nitrogen and oxygen atoms in total. The summed E-state index contributed by atoms with van der Waals surface area (Å²) >= 11 is 0. The summed E-state index contributed by atoms with van der Waals surface area (Å²) < 4.78 is 6.49. The molecule has 0 radical (unpaired) electrons. The topological polar surface area (TPSA) is 115 Å². The van der Waals surface area contributed by atoms with Gasteiger partial charge in [-0.05, 0) is 25.1 Å². The fourth-order valence-electron chi connectivity index (χ4n) is 2.72. The average Bonchev–Trinajstić information content (AvgIpc) is 3.06. The molecular weight excluding hydrogens is 350 g/mol. The molecule has 1 aromatic carbocycles. The van der Waals surface area contributed by atoms with Crippen molar-refractivity contribution in [3.8, 4) is 6.07 Å². The zero-order valence-electron chi connectivity index (χ0n) is 14.2. The molecule has 3 rings (SSSR count). The number of fused-ring (bicyclic) bond motifs is 1. The zero-order valence-corrected chi connectivity index (χ0v) is 14.2. The number of ether oxygens (including phenoxy) is 1. The van der Waals surface area contributed by atoms with Gasteiger partial charge < -0.3 is 9.14 Å². The van der Waals surface area contributed by atoms with Gasteiger partial charge in [-0.1, -0.05) is 12.1 Å². The minimum Gasteiger partial charge on any atom is -0.462 e. The molecule has 0 aliphatic heterocycles. The average molecular weight is 363 g/mol. The van der Waals surface area contributed by atoms with Crippen LogP contribution in [0.1, 0.15) is 38.9 Å². The highest BCUT2D eigenvalue weighted by molar-refractivity contribution is 6.11. The number of hydrogen-bond acceptors (Lipinski definition) is 6. The predicted molar refractivity (Wildman–Crippen MR) is 94.6 cm³/mol. The summed E-state index contributed by atoms with van der Waals surface area (Å²) in [5, 5.41) is 20.1. The van der Waals surface area contributed by atoms with Crippen LogP contribution in [-0.4, -0.2) is 27.7 Å². The van der Waals surface area contributed by atoms with Crippen molar-refractivity contribution in [1.29, 1.82) is 5.26 Å². The van der Waals surface area contributed by atoms with Crippen molar-refractivity contribution in [3.05, 3.63) is 81.2 Å². The molecular formula is C19H13N3O5. The monoisotopic (exact) mass is 363 g/mol. The van der Waals surface area contributed by atoms with E-state index in [0.717, 1.165) is 0 Å². The molecule has 0 N–H and O–H groups in total. The van der Waals surface area contributed by atoms with Crippen molar-refractivity contribution in [3.63, 3.8) is 0 Å². The standard InChI is InChI=1S/C19H13N3O5/c1-2-27-19(24)15-10-17(21-7-6-12(11-20)8-16(15)21)18(23)13-4-3-5-14(9-13)22(25)26/h3-10H,2H2,1H3. The largest absolute Gasteiger partial charge is 0.462 e. The maximum atomic E-state index is 12.9. The molecule has 0 bridgehead atoms. The second kappa shape index (κ2) is 7.09. The Labute approximate surface area is 153 Å². The molecule has 2 heterocycles. The van der Waals surface area contributed by atoms with Gasteiger partial charge in [-0.2, -0.15) is 5.26 Å². The third kappa shape index (κ3) is 3.26. The molecule has 0 fully saturated rings. The van der Waals surface area contributed by atoms with Crippen molar-refractivity contribution < 1.29 is 19.2 Å². The highest BCUT2D eigenvalue weighted by atomic mass is 16.6. The number of rotatable bonds is 5. The molecule has 2 aromatic heterocycles. The number of esters is 1. The van der Waals surface area contributed by atoms with Crippen LogP contribution in [0.3, 0.4) is 0 Å². The normalized spacial score (nSPS) is 10.4. The molecule has 0 saturated carbocycles. The summed E-state index contributed by atoms with van der Waals surface area (Å²) in [6, 6.07) is 11.7. The maximum Gasteiger partial charge on any atom is 0.340 e. The van der Waals surface area contributed by atoms with Gasteiger partial charge in [0.2, 0.25) is 5.78 Å². The van der Waals surface area contributed by atoms with Crippen molar-refractivity contribution in [1.82, 2.24) is 4.40 Å². The number of nitriles is 1. The Morgan fingerprint density at radius 3 is 2.70 bits per heavy atom. The van der Waals surface area contributed by atoms with Crippen LogP contribution >= 0.6 is 0 Å². The first kappa shape index (κ1) is 17.8. The minimum atomic E-state index is -0.622. The number of hydrogen-bond donors (Lipinski definition) is 0. The Balaban J connectivity index is 2.18. The number of carbonyl (C=O) groups is 2. The Morgan fingerprint density at radius 2 is 2.04 bits per heavy atom. The first-order valence-electron chi connectivity index (χ1n) is 7.97. The van der Waals surface area contributed by atoms with E-state index in [1.807, 2.05) is 6.07 Å². The number of nitro groups is 1. The van der Waals surface area contributed by atoms with Crippen molar-refractivity contribution in [2.24, 2.45) is 0 Å². The molecule has 0 amide bonds. The lowest BCUT2D eigenvalue weighted by atomic mass is 10.1. The molecule has 0 spiro atoms. The van der Waals surface area contributed by atoms with E-state index in [4.69, 9.17) is 10.00 Å². The van der Waals surface area contributed by atoms with Crippen LogP contribution < -0.4 is 0 Å². The van der Waals surface area contributed by atoms with E-state index < -0.39 is 16.7 Å². The van der Waals surface area contributed by atoms with E-state index in [2.05, 4.69) is 0 Å². The van der Waals surface area contributed by atoms with Crippen molar-refractivity contribution >= 4 is 23.0 Å². The molecule has 27 heavy (non-hydrogen) atoms. The van der Waals surface area contributed by atoms with Gasteiger partial charge in [0.05, 0.1) is 39.9 Å². The van der Waals surface area contributed by atoms with Crippen LogP contribution in [0.15, 0.2) is 48.7 Å². The lowest BCUT2D eigenvalue weighted by Crippen LogP contribution is -2.05. The number of nitrogens with zero attached hydrogens (tertiary/aromatic N) is 3. The third-order valence-corrected chi connectivity index (χ3v) is 3.95. The quantitative estimate of drug-likeness (QED) is 0.298. The number of benzene rings is 1. The molecule has 0 unspecified atom stereocenters. The van der Waals surface area contributed by atoms with E-state index in [1.165, 1.54) is 53.1 Å². The van der Waals surface area contributed by atoms with E-state index in [0.29, 0.717) is 11.1 Å². The molecule has 8 heteroatoms. The van der Waals surface area contributed by atoms with Crippen LogP contribution in [0.4, 0.5) is 5.69 Å². The van der Waals surface area contributed by atoms with Crippen molar-refractivity contribution in [2.45, 2.75) is 6.92 Å². The van der Waals surface area contributed by atoms with Gasteiger partial charge in [0, 0.05) is 23.9 Å². The number of non-ortho nitro benzene ring substituents is 1. The summed E-state index contributed by atoms with van der Waals surface area (Å²) in [6.07, 6.45) is 1.50. The van der Waals surface area contributed by atoms with Crippen LogP contribution in [-0.2, 0) is 4.74 Å². The molecule has 3 aromatic rings. The minimum absolute atomic E-state index is 0.114. The van der Waals surface area contributed by atoms with E-state index in [1.54, 1.807) is 6.92 Å². The van der Waals surface area contributed by atoms with Crippen LogP contribution in [0, 0.1) is 21.4 Å². The number of carbonyl (C=O) groups excluding carboxylic acids is 2. The molecule has 0 aliphatic carbocycles. The van der Waals surface area contributed by atoms with Gasteiger partial charge in [0.1, 0.15) is 0 Å². The molecule has 0 atom stereocenters. The van der Waals surface area contributed by atoms with Crippen molar-refractivity contribution in [2.75, 3.05) is 6.61 Å². The second-order valence-corrected chi connectivity index (χ2v) is 5.58. The van der Waals surface area contributed by atoms with Gasteiger partial charge in [-0.15, -0.1) is 0 Å². The smallest absolute Gasteiger partial charge is 0.340 e. The van der Waals surface area contributed by atoms with Crippen LogP contribution in [0.25, 0.3) is 5.52 Å². The third-order valence-electron chi connectivity index (χ3n) is 3.95. The molecule has 0 saturated heterocycles. The van der Waals surface area contributed by atoms with Gasteiger partial charge in [-0.3, -0.25) is 14.9 Å². The summed E-state index contributed by atoms with van der Waals surface area (Å²) in [5.41, 5.74) is 0.852. The number of aromatic nitrogens is 1. The fraction of sp³-hybridized carbons (Fsp3) is 0.105. The summed E-state index contributed by atoms with van der Waals surface area (Å²) in [7, 11) is 0. The second-order valence-electron chi connectivity index (χ2n) is 5.58. The van der Waals surface area contributed by atoms with E-state index in [-0.39, 0.29) is 29.1 Å². The van der Waals surface area contributed by atoms with Crippen LogP contribution in [0.2, 0.25) is 0 Å². The number of ketones is 1. The SMILES string of the molecule is CCOC(=O)c1cc(C(=O)c2cccc([N+](=O)[O-])c2)n2ccc(C#N)cc12. The highest BCUT2D eigenvalue weighted by Crippen LogP contribution is 2.23. The Kier molecular flexibility index (Phi) is 4.68. The summed E-state index contributed by atoms with van der Waals surface area (Å²) in [4.78, 5) is 35.5. The number of nitro benzene ring substituents is 1. The van der Waals surface area contributed by atoms with E-state index >= 15 is 0 Å². The fourth-order valence-corrected chi connectivity index (χ4v) is 2.72. The lowest BCUT2D eigenvalue weighted by Gasteiger charge is -2.03. The summed E-state index contributed by atoms with van der Waals surface area (Å²) in [5.74, 6) is -1.11. The Morgan fingerprint density at radius 1 is 1.26 bits per heavy atom. The van der Waals surface area contributed by atoms with Gasteiger partial charge >= 0.3 is 5.97 Å². The number of pyridine rings is 1. The summed E-state index contributed by atoms with van der Waals surface area (Å²) in [6.45, 7) is 1.81. The van der Waals surface area contributed by atoms with E-state index in [9.17, 15) is 19.7 Å². The van der Waals surface area contributed by atoms with Gasteiger partial charge in [-0.25, -0.2) is 4.79 Å². The van der Waals surface area contributed by atoms with Gasteiger partial charge in [0.15, 0.2) is 0 Å². The first-order valence-corrected chi connectivity index (χ1v) is 7.97. The van der Waals surface area contributed by atoms with Gasteiger partial charge in [0.25, 0.3) is 5.69 Å². The Bertz CT molecular complexity index is 1120.